The van der Waals surface area contributed by atoms with Crippen LogP contribution in [0.4, 0.5) is 0 Å². The molecule has 0 spiro atoms. The van der Waals surface area contributed by atoms with Crippen LogP contribution in [-0.4, -0.2) is 223 Å². The average Bonchev–Trinajstić information content (AvgIpc) is 3.09. The Bertz CT molecular complexity index is 940. The fourth-order valence-corrected chi connectivity index (χ4v) is 5.78. The average molecular weight is 722 g/mol. The van der Waals surface area contributed by atoms with Crippen LogP contribution in [0.1, 0.15) is 20.3 Å². The first kappa shape index (κ1) is 42.6. The van der Waals surface area contributed by atoms with Gasteiger partial charge in [0.2, 0.25) is 0 Å². The summed E-state index contributed by atoms with van der Waals surface area (Å²) < 4.78 is 33.7. The lowest BCUT2D eigenvalue weighted by molar-refractivity contribution is -0.341. The van der Waals surface area contributed by atoms with Crippen LogP contribution in [0.5, 0.6) is 0 Å². The summed E-state index contributed by atoms with van der Waals surface area (Å²) in [5, 5.41) is 134. The Hall–Kier alpha value is -0.800. The molecule has 0 radical (unpaired) electrons. The van der Waals surface area contributed by atoms with Gasteiger partial charge in [0.15, 0.2) is 12.6 Å². The van der Waals surface area contributed by atoms with E-state index in [1.54, 1.807) is 6.92 Å². The first-order chi connectivity index (χ1) is 23.1. The SMILES string of the molecule is CC1OC(COC2OC(COCCCNC[C@@H](O)[C@@H](O)[C@H](O)[C@H](O)CO)C(O)C(O)C2O)C(O)C(OC2OC(CO)C(C)C(O)C2O)C1O. The molecule has 3 heterocycles. The van der Waals surface area contributed by atoms with Gasteiger partial charge in [-0.2, -0.15) is 0 Å². The second-order valence-corrected chi connectivity index (χ2v) is 12.8. The van der Waals surface area contributed by atoms with Gasteiger partial charge in [0.05, 0.1) is 50.8 Å². The van der Waals surface area contributed by atoms with Crippen LogP contribution in [0.2, 0.25) is 0 Å². The van der Waals surface area contributed by atoms with Gasteiger partial charge >= 0.3 is 0 Å². The van der Waals surface area contributed by atoms with Crippen molar-refractivity contribution in [3.05, 3.63) is 0 Å². The second kappa shape index (κ2) is 19.9. The minimum Gasteiger partial charge on any atom is -0.394 e. The Labute approximate surface area is 282 Å². The largest absolute Gasteiger partial charge is 0.394 e. The summed E-state index contributed by atoms with van der Waals surface area (Å²) in [7, 11) is 0. The van der Waals surface area contributed by atoms with Crippen molar-refractivity contribution in [1.29, 1.82) is 0 Å². The van der Waals surface area contributed by atoms with Crippen molar-refractivity contribution in [2.24, 2.45) is 5.92 Å². The summed E-state index contributed by atoms with van der Waals surface area (Å²) in [6, 6.07) is 0. The summed E-state index contributed by atoms with van der Waals surface area (Å²) in [4.78, 5) is 0. The molecule has 0 aromatic heterocycles. The molecule has 49 heavy (non-hydrogen) atoms. The van der Waals surface area contributed by atoms with Crippen molar-refractivity contribution in [3.63, 3.8) is 0 Å². The number of hydrogen-bond acceptors (Lipinski definition) is 20. The van der Waals surface area contributed by atoms with Crippen molar-refractivity contribution in [2.75, 3.05) is 46.1 Å². The van der Waals surface area contributed by atoms with E-state index in [0.29, 0.717) is 13.0 Å². The van der Waals surface area contributed by atoms with Crippen LogP contribution in [0.3, 0.4) is 0 Å². The third kappa shape index (κ3) is 10.9. The molecule has 0 aromatic rings. The maximum absolute atomic E-state index is 11.0. The number of aliphatic hydroxyl groups is 13. The highest BCUT2D eigenvalue weighted by Gasteiger charge is 2.50. The highest BCUT2D eigenvalue weighted by Crippen LogP contribution is 2.32. The number of ether oxygens (including phenoxy) is 6. The normalized spacial score (nSPS) is 42.8. The summed E-state index contributed by atoms with van der Waals surface area (Å²) in [6.07, 6.45) is -25.5. The van der Waals surface area contributed by atoms with Gasteiger partial charge in [-0.15, -0.1) is 0 Å². The molecule has 290 valence electrons. The third-order valence-electron chi connectivity index (χ3n) is 9.16. The molecule has 0 amide bonds. The highest BCUT2D eigenvalue weighted by molar-refractivity contribution is 4.95. The smallest absolute Gasteiger partial charge is 0.187 e. The molecule has 3 aliphatic heterocycles. The molecule has 20 nitrogen and oxygen atoms in total. The molecule has 3 aliphatic rings. The molecule has 3 rings (SSSR count). The summed E-state index contributed by atoms with van der Waals surface area (Å²) in [6.45, 7) is 1.36. The maximum Gasteiger partial charge on any atom is 0.187 e. The Balaban J connectivity index is 1.46. The van der Waals surface area contributed by atoms with E-state index in [4.69, 9.17) is 33.5 Å². The Kier molecular flexibility index (Phi) is 17.3. The zero-order valence-electron chi connectivity index (χ0n) is 27.4. The molecule has 3 fully saturated rings. The summed E-state index contributed by atoms with van der Waals surface area (Å²) >= 11 is 0. The molecular weight excluding hydrogens is 666 g/mol. The monoisotopic (exact) mass is 721 g/mol. The van der Waals surface area contributed by atoms with Gasteiger partial charge in [-0.1, -0.05) is 6.92 Å². The van der Waals surface area contributed by atoms with E-state index in [9.17, 15) is 61.3 Å². The highest BCUT2D eigenvalue weighted by atomic mass is 16.7. The van der Waals surface area contributed by atoms with Gasteiger partial charge in [-0.3, -0.25) is 0 Å². The molecule has 0 saturated carbocycles. The summed E-state index contributed by atoms with van der Waals surface area (Å²) in [5.74, 6) is -0.630. The lowest BCUT2D eigenvalue weighted by Gasteiger charge is -2.46. The molecular formula is C29H55NO19. The minimum absolute atomic E-state index is 0.117. The van der Waals surface area contributed by atoms with Crippen LogP contribution in [0.15, 0.2) is 0 Å². The molecule has 15 unspecified atom stereocenters. The predicted molar refractivity (Wildman–Crippen MR) is 160 cm³/mol. The Morgan fingerprint density at radius 1 is 0.653 bits per heavy atom. The molecule has 0 aromatic carbocycles. The minimum atomic E-state index is -1.74. The third-order valence-corrected chi connectivity index (χ3v) is 9.16. The fourth-order valence-electron chi connectivity index (χ4n) is 5.78. The lowest BCUT2D eigenvalue weighted by atomic mass is 9.90. The molecule has 20 heteroatoms. The first-order valence-electron chi connectivity index (χ1n) is 16.4. The van der Waals surface area contributed by atoms with Crippen molar-refractivity contribution < 1.29 is 94.8 Å². The van der Waals surface area contributed by atoms with Crippen LogP contribution in [0, 0.1) is 5.92 Å². The fraction of sp³-hybridized carbons (Fsp3) is 1.00. The van der Waals surface area contributed by atoms with Gasteiger partial charge in [0.1, 0.15) is 73.2 Å². The van der Waals surface area contributed by atoms with Crippen molar-refractivity contribution in [2.45, 2.75) is 131 Å². The van der Waals surface area contributed by atoms with Crippen molar-refractivity contribution >= 4 is 0 Å². The maximum atomic E-state index is 11.0. The Morgan fingerprint density at radius 3 is 1.92 bits per heavy atom. The van der Waals surface area contributed by atoms with E-state index < -0.39 is 136 Å². The van der Waals surface area contributed by atoms with Crippen LogP contribution in [0.25, 0.3) is 0 Å². The number of nitrogens with one attached hydrogen (secondary N) is 1. The topological polar surface area (TPSA) is 330 Å². The molecule has 0 bridgehead atoms. The summed E-state index contributed by atoms with van der Waals surface area (Å²) in [5.41, 5.74) is 0. The van der Waals surface area contributed by atoms with E-state index in [1.807, 2.05) is 0 Å². The molecule has 19 atom stereocenters. The van der Waals surface area contributed by atoms with Gasteiger partial charge in [-0.25, -0.2) is 0 Å². The van der Waals surface area contributed by atoms with E-state index in [0.717, 1.165) is 0 Å². The quantitative estimate of drug-likeness (QED) is 0.0584. The molecule has 0 aliphatic carbocycles. The zero-order valence-corrected chi connectivity index (χ0v) is 27.4. The van der Waals surface area contributed by atoms with Gasteiger partial charge in [0, 0.05) is 19.1 Å². The number of hydrogen-bond donors (Lipinski definition) is 14. The van der Waals surface area contributed by atoms with Crippen LogP contribution < -0.4 is 5.32 Å². The van der Waals surface area contributed by atoms with E-state index in [-0.39, 0.29) is 19.8 Å². The predicted octanol–water partition coefficient (Wildman–Crippen LogP) is -7.79. The first-order valence-corrected chi connectivity index (χ1v) is 16.4. The van der Waals surface area contributed by atoms with E-state index >= 15 is 0 Å². The van der Waals surface area contributed by atoms with Crippen molar-refractivity contribution in [1.82, 2.24) is 5.32 Å². The molecule has 3 saturated heterocycles. The van der Waals surface area contributed by atoms with Crippen molar-refractivity contribution in [3.8, 4) is 0 Å². The zero-order chi connectivity index (χ0) is 36.6. The van der Waals surface area contributed by atoms with E-state index in [1.165, 1.54) is 6.92 Å². The van der Waals surface area contributed by atoms with Crippen LogP contribution in [-0.2, 0) is 28.4 Å². The lowest BCUT2D eigenvalue weighted by Crippen LogP contribution is -2.63. The van der Waals surface area contributed by atoms with Gasteiger partial charge in [-0.05, 0) is 19.9 Å². The number of aliphatic hydroxyl groups excluding tert-OH is 13. The van der Waals surface area contributed by atoms with Crippen LogP contribution >= 0.6 is 0 Å². The Morgan fingerprint density at radius 2 is 1.27 bits per heavy atom. The van der Waals surface area contributed by atoms with Gasteiger partial charge in [0.25, 0.3) is 0 Å². The van der Waals surface area contributed by atoms with Gasteiger partial charge < -0.3 is 100 Å². The number of rotatable bonds is 18. The second-order valence-electron chi connectivity index (χ2n) is 12.8. The molecule has 14 N–H and O–H groups in total. The standard InChI is InChI=1S/C29H55NO19/c1-11-15(8-32)47-29(25(42)18(11)35)49-27-19(36)12(2)46-17(23(27)40)10-45-28-26(43)24(41)22(39)16(48-28)9-44-5-3-4-30-6-13(33)20(37)21(38)14(34)7-31/h11-43H,3-10H2,1-2H3/t11?,12?,13-,14-,15?,16?,17?,18?,19?,20-,21-,22?,23?,24?,25?,26?,27?,28?,29?/m1/s1. The van der Waals surface area contributed by atoms with E-state index in [2.05, 4.69) is 5.32 Å².